The molecule has 0 radical (unpaired) electrons. The van der Waals surface area contributed by atoms with Gasteiger partial charge in [-0.3, -0.25) is 4.79 Å². The molecule has 6 heteroatoms. The van der Waals surface area contributed by atoms with Crippen LogP contribution in [0.3, 0.4) is 0 Å². The summed E-state index contributed by atoms with van der Waals surface area (Å²) in [5, 5.41) is 1.90. The zero-order chi connectivity index (χ0) is 26.6. The molecule has 37 heavy (non-hydrogen) atoms. The Morgan fingerprint density at radius 3 is 2.24 bits per heavy atom. The van der Waals surface area contributed by atoms with Crippen LogP contribution in [0.2, 0.25) is 5.02 Å². The lowest BCUT2D eigenvalue weighted by Crippen LogP contribution is -2.20. The first-order chi connectivity index (χ1) is 17.7. The Morgan fingerprint density at radius 1 is 0.946 bits per heavy atom. The van der Waals surface area contributed by atoms with E-state index in [1.165, 1.54) is 23.6 Å². The number of rotatable bonds is 9. The summed E-state index contributed by atoms with van der Waals surface area (Å²) in [5.41, 5.74) is 5.50. The van der Waals surface area contributed by atoms with Gasteiger partial charge in [0.05, 0.1) is 31.4 Å². The fourth-order valence-corrected chi connectivity index (χ4v) is 4.70. The summed E-state index contributed by atoms with van der Waals surface area (Å²) in [4.78, 5) is 11.3. The van der Waals surface area contributed by atoms with Gasteiger partial charge in [0.2, 0.25) is 0 Å². The molecule has 0 fully saturated rings. The Kier molecular flexibility index (Phi) is 8.13. The first-order valence-corrected chi connectivity index (χ1v) is 12.8. The van der Waals surface area contributed by atoms with Crippen LogP contribution in [0.25, 0.3) is 22.0 Å². The topological polar surface area (TPSA) is 49.7 Å². The smallest absolute Gasteiger partial charge is 0.305 e. The van der Waals surface area contributed by atoms with Crippen molar-refractivity contribution in [3.8, 4) is 22.6 Å². The third-order valence-electron chi connectivity index (χ3n) is 6.44. The fourth-order valence-electron chi connectivity index (χ4n) is 4.43. The van der Waals surface area contributed by atoms with Crippen LogP contribution < -0.4 is 9.47 Å². The molecule has 0 N–H and O–H groups in total. The number of hydrogen-bond acceptors (Lipinski definition) is 4. The number of hydrogen-bond donors (Lipinski definition) is 0. The van der Waals surface area contributed by atoms with Gasteiger partial charge in [0.15, 0.2) is 0 Å². The molecular weight excluding hydrogens is 486 g/mol. The van der Waals surface area contributed by atoms with Gasteiger partial charge >= 0.3 is 5.97 Å². The van der Waals surface area contributed by atoms with Gasteiger partial charge in [-0.25, -0.2) is 0 Å². The van der Waals surface area contributed by atoms with Crippen molar-refractivity contribution in [1.29, 1.82) is 0 Å². The maximum atomic E-state index is 11.3. The largest absolute Gasteiger partial charge is 0.497 e. The molecule has 1 aromatic heterocycles. The van der Waals surface area contributed by atoms with Crippen LogP contribution in [-0.2, 0) is 21.5 Å². The quantitative estimate of drug-likeness (QED) is 0.168. The van der Waals surface area contributed by atoms with E-state index in [-0.39, 0.29) is 11.5 Å². The van der Waals surface area contributed by atoms with E-state index >= 15 is 0 Å². The number of carbonyl (C=O) groups is 1. The first-order valence-electron chi connectivity index (χ1n) is 12.5. The average molecular weight is 520 g/mol. The van der Waals surface area contributed by atoms with Gasteiger partial charge in [-0.15, -0.1) is 0 Å². The van der Waals surface area contributed by atoms with Crippen LogP contribution in [0.1, 0.15) is 44.7 Å². The summed E-state index contributed by atoms with van der Waals surface area (Å²) in [5.74, 6) is 1.38. The van der Waals surface area contributed by atoms with Gasteiger partial charge in [-0.1, -0.05) is 35.9 Å². The molecule has 1 heterocycles. The molecule has 0 saturated carbocycles. The van der Waals surface area contributed by atoms with Gasteiger partial charge in [0.25, 0.3) is 0 Å². The molecule has 194 valence electrons. The van der Waals surface area contributed by atoms with Crippen molar-refractivity contribution in [2.45, 2.75) is 45.6 Å². The second-order valence-corrected chi connectivity index (χ2v) is 10.5. The molecule has 0 bridgehead atoms. The van der Waals surface area contributed by atoms with E-state index in [1.807, 2.05) is 36.4 Å². The zero-order valence-corrected chi connectivity index (χ0v) is 22.9. The normalized spacial score (nSPS) is 11.5. The molecule has 0 aliphatic carbocycles. The minimum atomic E-state index is -0.226. The average Bonchev–Trinajstić information content (AvgIpc) is 3.24. The molecular formula is C31H34ClNO4. The Labute approximate surface area is 223 Å². The maximum absolute atomic E-state index is 11.3. The number of halogens is 1. The Morgan fingerprint density at radius 2 is 1.62 bits per heavy atom. The molecule has 0 atom stereocenters. The lowest BCUT2D eigenvalue weighted by molar-refractivity contribution is -0.140. The van der Waals surface area contributed by atoms with Crippen molar-refractivity contribution in [1.82, 2.24) is 4.57 Å². The highest BCUT2D eigenvalue weighted by molar-refractivity contribution is 6.34. The molecule has 4 aromatic rings. The fraction of sp³-hybridized carbons (Fsp3) is 0.323. The first kappa shape index (κ1) is 26.6. The Balaban J connectivity index is 1.63. The Bertz CT molecular complexity index is 1370. The summed E-state index contributed by atoms with van der Waals surface area (Å²) in [7, 11) is 3.07. The summed E-state index contributed by atoms with van der Waals surface area (Å²) < 4.78 is 18.1. The standard InChI is InChI=1S/C31H34ClNO4/c1-31(2,3)33-20-23(17-21-8-12-24(35-4)13-9-21)27-18-26(28(32)19-29(27)33)22-10-14-25(15-11-22)37-16-6-7-30(34)36-5/h8-15,18-20H,6-7,16-17H2,1-5H3. The highest BCUT2D eigenvalue weighted by atomic mass is 35.5. The van der Waals surface area contributed by atoms with Gasteiger partial charge in [0.1, 0.15) is 11.5 Å². The summed E-state index contributed by atoms with van der Waals surface area (Å²) in [6.45, 7) is 7.07. The van der Waals surface area contributed by atoms with Crippen molar-refractivity contribution in [2.75, 3.05) is 20.8 Å². The lowest BCUT2D eigenvalue weighted by atomic mass is 9.99. The maximum Gasteiger partial charge on any atom is 0.305 e. The highest BCUT2D eigenvalue weighted by Gasteiger charge is 2.20. The minimum Gasteiger partial charge on any atom is -0.497 e. The third kappa shape index (κ3) is 6.28. The van der Waals surface area contributed by atoms with Crippen LogP contribution in [0, 0.1) is 0 Å². The van der Waals surface area contributed by atoms with Crippen molar-refractivity contribution >= 4 is 28.5 Å². The van der Waals surface area contributed by atoms with E-state index in [0.717, 1.165) is 34.6 Å². The number of carbonyl (C=O) groups excluding carboxylic acids is 1. The van der Waals surface area contributed by atoms with Gasteiger partial charge in [0, 0.05) is 29.1 Å². The summed E-state index contributed by atoms with van der Waals surface area (Å²) >= 11 is 6.85. The summed E-state index contributed by atoms with van der Waals surface area (Å²) in [6.07, 6.45) is 4.01. The van der Waals surface area contributed by atoms with E-state index in [4.69, 9.17) is 21.1 Å². The van der Waals surface area contributed by atoms with Crippen LogP contribution >= 0.6 is 11.6 Å². The van der Waals surface area contributed by atoms with E-state index < -0.39 is 0 Å². The number of aromatic nitrogens is 1. The van der Waals surface area contributed by atoms with Crippen molar-refractivity contribution in [2.24, 2.45) is 0 Å². The second kappa shape index (κ2) is 11.3. The molecule has 0 aliphatic heterocycles. The molecule has 4 rings (SSSR count). The van der Waals surface area contributed by atoms with Crippen LogP contribution in [0.15, 0.2) is 66.9 Å². The van der Waals surface area contributed by atoms with Crippen molar-refractivity contribution < 1.29 is 19.0 Å². The van der Waals surface area contributed by atoms with E-state index in [1.54, 1.807) is 7.11 Å². The predicted octanol–water partition coefficient (Wildman–Crippen LogP) is 7.65. The monoisotopic (exact) mass is 519 g/mol. The van der Waals surface area contributed by atoms with E-state index in [0.29, 0.717) is 24.5 Å². The molecule has 5 nitrogen and oxygen atoms in total. The predicted molar refractivity (Wildman–Crippen MR) is 150 cm³/mol. The van der Waals surface area contributed by atoms with Gasteiger partial charge in [-0.2, -0.15) is 0 Å². The molecule has 0 saturated heterocycles. The number of esters is 1. The van der Waals surface area contributed by atoms with Gasteiger partial charge < -0.3 is 18.8 Å². The van der Waals surface area contributed by atoms with E-state index in [2.05, 4.69) is 60.5 Å². The molecule has 3 aromatic carbocycles. The molecule has 0 amide bonds. The third-order valence-corrected chi connectivity index (χ3v) is 6.75. The van der Waals surface area contributed by atoms with Crippen molar-refractivity contribution in [3.05, 3.63) is 83.0 Å². The summed E-state index contributed by atoms with van der Waals surface area (Å²) in [6, 6.07) is 20.4. The zero-order valence-electron chi connectivity index (χ0n) is 22.1. The number of fused-ring (bicyclic) bond motifs is 1. The van der Waals surface area contributed by atoms with Gasteiger partial charge in [-0.05, 0) is 86.7 Å². The molecule has 0 unspecified atom stereocenters. The van der Waals surface area contributed by atoms with Crippen LogP contribution in [-0.4, -0.2) is 31.4 Å². The molecule has 0 spiro atoms. The minimum absolute atomic E-state index is 0.0892. The SMILES string of the molecule is COC(=O)CCCOc1ccc(-c2cc3c(Cc4ccc(OC)cc4)cn(C(C)(C)C)c3cc2Cl)cc1. The number of nitrogens with zero attached hydrogens (tertiary/aromatic N) is 1. The Hall–Kier alpha value is -3.44. The number of methoxy groups -OCH3 is 2. The van der Waals surface area contributed by atoms with E-state index in [9.17, 15) is 4.79 Å². The van der Waals surface area contributed by atoms with Crippen LogP contribution in [0.5, 0.6) is 11.5 Å². The number of ether oxygens (including phenoxy) is 3. The molecule has 0 aliphatic rings. The number of benzene rings is 3. The highest BCUT2D eigenvalue weighted by Crippen LogP contribution is 2.37. The van der Waals surface area contributed by atoms with Crippen molar-refractivity contribution in [3.63, 3.8) is 0 Å². The second-order valence-electron chi connectivity index (χ2n) is 10.1. The van der Waals surface area contributed by atoms with Crippen LogP contribution in [0.4, 0.5) is 0 Å². The lowest BCUT2D eigenvalue weighted by Gasteiger charge is -2.23.